The highest BCUT2D eigenvalue weighted by atomic mass is 16.2. The van der Waals surface area contributed by atoms with Gasteiger partial charge in [-0.1, -0.05) is 60.7 Å². The van der Waals surface area contributed by atoms with Crippen LogP contribution < -0.4 is 16.2 Å². The Bertz CT molecular complexity index is 982. The molecule has 27 heavy (non-hydrogen) atoms. The van der Waals surface area contributed by atoms with Gasteiger partial charge in [0.1, 0.15) is 5.56 Å². The van der Waals surface area contributed by atoms with Crippen molar-refractivity contribution in [2.45, 2.75) is 13.1 Å². The first-order chi connectivity index (χ1) is 13.1. The second kappa shape index (κ2) is 8.62. The zero-order chi connectivity index (χ0) is 19.1. The molecule has 136 valence electrons. The van der Waals surface area contributed by atoms with Crippen LogP contribution in [0.2, 0.25) is 0 Å². The first kappa shape index (κ1) is 18.1. The van der Waals surface area contributed by atoms with Crippen LogP contribution in [0.5, 0.6) is 0 Å². The molecule has 3 N–H and O–H groups in total. The predicted molar refractivity (Wildman–Crippen MR) is 102 cm³/mol. The number of aromatic amines is 1. The highest BCUT2D eigenvalue weighted by molar-refractivity contribution is 5.99. The van der Waals surface area contributed by atoms with Gasteiger partial charge in [0.05, 0.1) is 5.56 Å². The number of hydrogen-bond donors (Lipinski definition) is 3. The van der Waals surface area contributed by atoms with E-state index in [0.717, 1.165) is 11.1 Å². The molecule has 0 radical (unpaired) electrons. The number of rotatable bonds is 6. The van der Waals surface area contributed by atoms with Crippen LogP contribution in [0.4, 0.5) is 0 Å². The van der Waals surface area contributed by atoms with E-state index in [2.05, 4.69) is 15.6 Å². The molecule has 3 aromatic rings. The van der Waals surface area contributed by atoms with Gasteiger partial charge in [-0.2, -0.15) is 0 Å². The molecule has 0 aliphatic rings. The molecule has 0 aliphatic carbocycles. The van der Waals surface area contributed by atoms with Crippen LogP contribution in [-0.2, 0) is 13.1 Å². The molecule has 3 rings (SSSR count). The molecule has 0 spiro atoms. The third-order valence-corrected chi connectivity index (χ3v) is 4.00. The van der Waals surface area contributed by atoms with E-state index >= 15 is 0 Å². The molecule has 0 bridgehead atoms. The Kier molecular flexibility index (Phi) is 5.79. The van der Waals surface area contributed by atoms with Crippen LogP contribution in [0.25, 0.3) is 0 Å². The van der Waals surface area contributed by atoms with Crippen molar-refractivity contribution >= 4 is 11.8 Å². The van der Waals surface area contributed by atoms with Crippen molar-refractivity contribution in [3.05, 3.63) is 106 Å². The van der Waals surface area contributed by atoms with Crippen LogP contribution in [0.15, 0.2) is 77.7 Å². The Balaban J connectivity index is 1.67. The number of H-pyrrole nitrogens is 1. The third kappa shape index (κ3) is 4.92. The topological polar surface area (TPSA) is 91.1 Å². The first-order valence-electron chi connectivity index (χ1n) is 8.50. The molecule has 0 saturated heterocycles. The quantitative estimate of drug-likeness (QED) is 0.629. The summed E-state index contributed by atoms with van der Waals surface area (Å²) in [5.74, 6) is -0.898. The molecule has 0 aliphatic heterocycles. The largest absolute Gasteiger partial charge is 0.348 e. The second-order valence-corrected chi connectivity index (χ2v) is 5.97. The fraction of sp³-hybridized carbons (Fsp3) is 0.0952. The van der Waals surface area contributed by atoms with Crippen LogP contribution in [0, 0.1) is 0 Å². The van der Waals surface area contributed by atoms with E-state index in [1.54, 1.807) is 0 Å². The molecule has 0 saturated carbocycles. The Morgan fingerprint density at radius 1 is 0.778 bits per heavy atom. The minimum absolute atomic E-state index is 0.0988. The zero-order valence-corrected chi connectivity index (χ0v) is 14.6. The van der Waals surface area contributed by atoms with Gasteiger partial charge in [-0.3, -0.25) is 14.4 Å². The van der Waals surface area contributed by atoms with Gasteiger partial charge in [0.2, 0.25) is 0 Å². The van der Waals surface area contributed by atoms with E-state index in [1.165, 1.54) is 12.3 Å². The molecule has 6 nitrogen and oxygen atoms in total. The molecule has 1 heterocycles. The molecule has 1 aromatic heterocycles. The number of carbonyl (C=O) groups excluding carboxylic acids is 2. The van der Waals surface area contributed by atoms with Gasteiger partial charge in [-0.25, -0.2) is 0 Å². The van der Waals surface area contributed by atoms with Crippen molar-refractivity contribution in [3.63, 3.8) is 0 Å². The summed E-state index contributed by atoms with van der Waals surface area (Å²) in [5.41, 5.74) is 1.45. The molecule has 0 unspecified atom stereocenters. The minimum Gasteiger partial charge on any atom is -0.348 e. The van der Waals surface area contributed by atoms with Crippen molar-refractivity contribution in [2.24, 2.45) is 0 Å². The number of aromatic nitrogens is 1. The van der Waals surface area contributed by atoms with Gasteiger partial charge in [0, 0.05) is 19.3 Å². The molecular weight excluding hydrogens is 342 g/mol. The average molecular weight is 361 g/mol. The number of nitrogens with one attached hydrogen (secondary N) is 3. The summed E-state index contributed by atoms with van der Waals surface area (Å²) < 4.78 is 0. The van der Waals surface area contributed by atoms with Gasteiger partial charge < -0.3 is 15.6 Å². The highest BCUT2D eigenvalue weighted by Crippen LogP contribution is 2.03. The monoisotopic (exact) mass is 361 g/mol. The lowest BCUT2D eigenvalue weighted by atomic mass is 10.1. The van der Waals surface area contributed by atoms with E-state index in [-0.39, 0.29) is 17.0 Å². The van der Waals surface area contributed by atoms with E-state index < -0.39 is 11.5 Å². The van der Waals surface area contributed by atoms with Gasteiger partial charge in [-0.15, -0.1) is 0 Å². The number of hydrogen-bond acceptors (Lipinski definition) is 3. The first-order valence-corrected chi connectivity index (χ1v) is 8.50. The number of carbonyl (C=O) groups is 2. The minimum atomic E-state index is -0.542. The average Bonchev–Trinajstić information content (AvgIpc) is 2.72. The van der Waals surface area contributed by atoms with Gasteiger partial charge in [-0.05, 0) is 17.2 Å². The Hall–Kier alpha value is -3.67. The molecule has 0 fully saturated rings. The summed E-state index contributed by atoms with van der Waals surface area (Å²) in [4.78, 5) is 39.1. The fourth-order valence-corrected chi connectivity index (χ4v) is 2.54. The lowest BCUT2D eigenvalue weighted by Crippen LogP contribution is -2.31. The van der Waals surface area contributed by atoms with Crippen molar-refractivity contribution in [1.82, 2.24) is 15.6 Å². The molecule has 0 atom stereocenters. The summed E-state index contributed by atoms with van der Waals surface area (Å²) in [6.07, 6.45) is 1.30. The van der Waals surface area contributed by atoms with Crippen LogP contribution in [0.3, 0.4) is 0 Å². The van der Waals surface area contributed by atoms with E-state index in [1.807, 2.05) is 60.7 Å². The molecular formula is C21H19N3O3. The normalized spacial score (nSPS) is 10.2. The summed E-state index contributed by atoms with van der Waals surface area (Å²) >= 11 is 0. The zero-order valence-electron chi connectivity index (χ0n) is 14.6. The van der Waals surface area contributed by atoms with E-state index in [4.69, 9.17) is 0 Å². The van der Waals surface area contributed by atoms with Crippen LogP contribution in [-0.4, -0.2) is 16.8 Å². The SMILES string of the molecule is O=C(NCc1ccccc1)c1c[nH]c(=O)c(C(=O)NCc2ccccc2)c1. The summed E-state index contributed by atoms with van der Waals surface area (Å²) in [7, 11) is 0. The Morgan fingerprint density at radius 2 is 1.30 bits per heavy atom. The third-order valence-electron chi connectivity index (χ3n) is 4.00. The molecule has 2 aromatic carbocycles. The smallest absolute Gasteiger partial charge is 0.260 e. The van der Waals surface area contributed by atoms with E-state index in [9.17, 15) is 14.4 Å². The van der Waals surface area contributed by atoms with Gasteiger partial charge in [0.25, 0.3) is 17.4 Å². The lowest BCUT2D eigenvalue weighted by Gasteiger charge is -2.08. The van der Waals surface area contributed by atoms with Gasteiger partial charge >= 0.3 is 0 Å². The summed E-state index contributed by atoms with van der Waals surface area (Å²) in [6, 6.07) is 20.1. The van der Waals surface area contributed by atoms with Crippen molar-refractivity contribution in [2.75, 3.05) is 0 Å². The molecule has 2 amide bonds. The summed E-state index contributed by atoms with van der Waals surface area (Å²) in [5, 5.41) is 5.46. The summed E-state index contributed by atoms with van der Waals surface area (Å²) in [6.45, 7) is 0.651. The number of amides is 2. The maximum atomic E-state index is 12.3. The van der Waals surface area contributed by atoms with Crippen molar-refractivity contribution in [3.8, 4) is 0 Å². The van der Waals surface area contributed by atoms with Crippen molar-refractivity contribution in [1.29, 1.82) is 0 Å². The maximum absolute atomic E-state index is 12.3. The number of pyridine rings is 1. The Labute approximate surface area is 156 Å². The predicted octanol–water partition coefficient (Wildman–Crippen LogP) is 2.23. The lowest BCUT2D eigenvalue weighted by molar-refractivity contribution is 0.0949. The molecule has 6 heteroatoms. The van der Waals surface area contributed by atoms with Crippen molar-refractivity contribution < 1.29 is 9.59 Å². The fourth-order valence-electron chi connectivity index (χ4n) is 2.54. The highest BCUT2D eigenvalue weighted by Gasteiger charge is 2.14. The van der Waals surface area contributed by atoms with E-state index in [0.29, 0.717) is 13.1 Å². The van der Waals surface area contributed by atoms with Gasteiger partial charge in [0.15, 0.2) is 0 Å². The number of benzene rings is 2. The second-order valence-electron chi connectivity index (χ2n) is 5.97. The van der Waals surface area contributed by atoms with Crippen LogP contribution >= 0.6 is 0 Å². The maximum Gasteiger partial charge on any atom is 0.260 e. The van der Waals surface area contributed by atoms with Crippen LogP contribution in [0.1, 0.15) is 31.8 Å². The standard InChI is InChI=1S/C21H19N3O3/c25-19(22-12-15-7-3-1-4-8-15)17-11-18(21(27)24-14-17)20(26)23-13-16-9-5-2-6-10-16/h1-11,14H,12-13H2,(H,22,25)(H,23,26)(H,24,27). The Morgan fingerprint density at radius 3 is 1.85 bits per heavy atom.